The van der Waals surface area contributed by atoms with Crippen LogP contribution in [0.2, 0.25) is 0 Å². The highest BCUT2D eigenvalue weighted by molar-refractivity contribution is 5.77. The summed E-state index contributed by atoms with van der Waals surface area (Å²) in [5.74, 6) is 6.31. The van der Waals surface area contributed by atoms with Gasteiger partial charge in [0.15, 0.2) is 0 Å². The van der Waals surface area contributed by atoms with Crippen molar-refractivity contribution < 1.29 is 15.0 Å². The van der Waals surface area contributed by atoms with Crippen LogP contribution in [0.4, 0.5) is 0 Å². The SMILES string of the molecule is CCCCCC(O)C=C[C@H]1CCCC(=O)N1CC#CCCCCO. The number of aliphatic hydroxyl groups is 2. The molecule has 0 radical (unpaired) electrons. The van der Waals surface area contributed by atoms with Gasteiger partial charge in [-0.3, -0.25) is 4.79 Å². The predicted octanol–water partition coefficient (Wildman–Crippen LogP) is 3.03. The van der Waals surface area contributed by atoms with Gasteiger partial charge in [-0.2, -0.15) is 0 Å². The minimum atomic E-state index is -0.417. The largest absolute Gasteiger partial charge is 0.396 e. The number of amides is 1. The summed E-state index contributed by atoms with van der Waals surface area (Å²) in [5.41, 5.74) is 0. The summed E-state index contributed by atoms with van der Waals surface area (Å²) in [6.45, 7) is 2.82. The number of nitrogens with zero attached hydrogens (tertiary/aromatic N) is 1. The van der Waals surface area contributed by atoms with Crippen molar-refractivity contribution in [3.8, 4) is 11.8 Å². The van der Waals surface area contributed by atoms with E-state index in [0.717, 1.165) is 57.8 Å². The third-order valence-corrected chi connectivity index (χ3v) is 4.35. The van der Waals surface area contributed by atoms with Crippen molar-refractivity contribution >= 4 is 5.91 Å². The molecule has 0 aromatic carbocycles. The third-order valence-electron chi connectivity index (χ3n) is 4.35. The highest BCUT2D eigenvalue weighted by Gasteiger charge is 2.25. The fraction of sp³-hybridized carbons (Fsp3) is 0.750. The zero-order valence-corrected chi connectivity index (χ0v) is 15.0. The number of carbonyl (C=O) groups excluding carboxylic acids is 1. The minimum Gasteiger partial charge on any atom is -0.396 e. The Labute approximate surface area is 146 Å². The molecular formula is C20H33NO3. The van der Waals surface area contributed by atoms with Crippen LogP contribution in [-0.2, 0) is 4.79 Å². The number of carbonyl (C=O) groups is 1. The van der Waals surface area contributed by atoms with Gasteiger partial charge >= 0.3 is 0 Å². The number of piperidine rings is 1. The first-order chi connectivity index (χ1) is 11.7. The van der Waals surface area contributed by atoms with E-state index in [4.69, 9.17) is 5.11 Å². The van der Waals surface area contributed by atoms with E-state index in [2.05, 4.69) is 18.8 Å². The van der Waals surface area contributed by atoms with Crippen molar-refractivity contribution in [2.45, 2.75) is 83.3 Å². The topological polar surface area (TPSA) is 60.8 Å². The molecule has 4 nitrogen and oxygen atoms in total. The smallest absolute Gasteiger partial charge is 0.223 e. The summed E-state index contributed by atoms with van der Waals surface area (Å²) in [5, 5.41) is 18.8. The molecule has 0 aliphatic carbocycles. The zero-order chi connectivity index (χ0) is 17.6. The van der Waals surface area contributed by atoms with Gasteiger partial charge in [-0.05, 0) is 32.1 Å². The number of hydrogen-bond acceptors (Lipinski definition) is 3. The minimum absolute atomic E-state index is 0.0545. The summed E-state index contributed by atoms with van der Waals surface area (Å²) in [4.78, 5) is 14.0. The molecule has 136 valence electrons. The molecule has 1 aliphatic heterocycles. The summed E-state index contributed by atoms with van der Waals surface area (Å²) in [7, 11) is 0. The van der Waals surface area contributed by atoms with Gasteiger partial charge < -0.3 is 15.1 Å². The van der Waals surface area contributed by atoms with Crippen LogP contribution in [0.3, 0.4) is 0 Å². The Morgan fingerprint density at radius 3 is 2.88 bits per heavy atom. The molecule has 1 amide bonds. The standard InChI is InChI=1S/C20H33NO3/c1-2-3-7-12-19(23)15-14-18-11-10-13-20(24)21(18)16-8-5-4-6-9-17-22/h14-15,18-19,22-23H,2-4,6-7,9-13,16-17H2,1H3/t18-,19?/m1/s1. The van der Waals surface area contributed by atoms with Gasteiger partial charge in [-0.25, -0.2) is 0 Å². The van der Waals surface area contributed by atoms with Crippen LogP contribution >= 0.6 is 0 Å². The molecule has 1 saturated heterocycles. The van der Waals surface area contributed by atoms with Crippen molar-refractivity contribution in [1.82, 2.24) is 4.90 Å². The Hall–Kier alpha value is -1.31. The Balaban J connectivity index is 2.48. The molecule has 2 atom stereocenters. The average molecular weight is 335 g/mol. The first-order valence-corrected chi connectivity index (χ1v) is 9.41. The van der Waals surface area contributed by atoms with E-state index in [-0.39, 0.29) is 18.6 Å². The van der Waals surface area contributed by atoms with Crippen LogP contribution in [0.15, 0.2) is 12.2 Å². The van der Waals surface area contributed by atoms with Crippen LogP contribution < -0.4 is 0 Å². The summed E-state index contributed by atoms with van der Waals surface area (Å²) < 4.78 is 0. The fourth-order valence-corrected chi connectivity index (χ4v) is 2.86. The highest BCUT2D eigenvalue weighted by atomic mass is 16.3. The molecule has 1 fully saturated rings. The highest BCUT2D eigenvalue weighted by Crippen LogP contribution is 2.19. The molecular weight excluding hydrogens is 302 g/mol. The molecule has 2 N–H and O–H groups in total. The Kier molecular flexibility index (Phi) is 11.3. The molecule has 4 heteroatoms. The number of likely N-dealkylation sites (tertiary alicyclic amines) is 1. The Morgan fingerprint density at radius 1 is 1.29 bits per heavy atom. The molecule has 0 aromatic heterocycles. The van der Waals surface area contributed by atoms with Crippen molar-refractivity contribution in [3.05, 3.63) is 12.2 Å². The van der Waals surface area contributed by atoms with Crippen LogP contribution in [-0.4, -0.2) is 46.3 Å². The first-order valence-electron chi connectivity index (χ1n) is 9.41. The van der Waals surface area contributed by atoms with Crippen LogP contribution in [0.1, 0.15) is 71.1 Å². The average Bonchev–Trinajstić information content (AvgIpc) is 2.58. The van der Waals surface area contributed by atoms with E-state index in [1.54, 1.807) is 0 Å². The molecule has 1 unspecified atom stereocenters. The molecule has 0 saturated carbocycles. The molecule has 24 heavy (non-hydrogen) atoms. The number of rotatable bonds is 10. The Morgan fingerprint density at radius 2 is 2.12 bits per heavy atom. The maximum Gasteiger partial charge on any atom is 0.223 e. The number of hydrogen-bond donors (Lipinski definition) is 2. The van der Waals surface area contributed by atoms with Gasteiger partial charge in [0.1, 0.15) is 0 Å². The second-order valence-corrected chi connectivity index (χ2v) is 6.46. The predicted molar refractivity (Wildman–Crippen MR) is 97.4 cm³/mol. The summed E-state index contributed by atoms with van der Waals surface area (Å²) in [6, 6.07) is 0.0545. The van der Waals surface area contributed by atoms with Gasteiger partial charge in [-0.1, -0.05) is 44.3 Å². The van der Waals surface area contributed by atoms with E-state index in [9.17, 15) is 9.90 Å². The van der Waals surface area contributed by atoms with Gasteiger partial charge in [0, 0.05) is 19.4 Å². The normalized spacial score (nSPS) is 19.4. The molecule has 0 bridgehead atoms. The number of unbranched alkanes of at least 4 members (excludes halogenated alkanes) is 4. The quantitative estimate of drug-likeness (QED) is 0.366. The van der Waals surface area contributed by atoms with Crippen molar-refractivity contribution in [2.24, 2.45) is 0 Å². The molecule has 0 aromatic rings. The van der Waals surface area contributed by atoms with Gasteiger partial charge in [-0.15, -0.1) is 5.92 Å². The molecule has 1 aliphatic rings. The lowest BCUT2D eigenvalue weighted by Crippen LogP contribution is -2.42. The van der Waals surface area contributed by atoms with Crippen molar-refractivity contribution in [3.63, 3.8) is 0 Å². The van der Waals surface area contributed by atoms with Crippen molar-refractivity contribution in [2.75, 3.05) is 13.2 Å². The van der Waals surface area contributed by atoms with Gasteiger partial charge in [0.25, 0.3) is 0 Å². The Bertz CT molecular complexity index is 436. The summed E-state index contributed by atoms with van der Waals surface area (Å²) in [6.07, 6.45) is 12.4. The van der Waals surface area contributed by atoms with E-state index in [0.29, 0.717) is 13.0 Å². The molecule has 0 spiro atoms. The zero-order valence-electron chi connectivity index (χ0n) is 15.0. The van der Waals surface area contributed by atoms with Crippen LogP contribution in [0.5, 0.6) is 0 Å². The third kappa shape index (κ3) is 8.52. The monoisotopic (exact) mass is 335 g/mol. The lowest BCUT2D eigenvalue weighted by Gasteiger charge is -2.32. The van der Waals surface area contributed by atoms with Gasteiger partial charge in [0.2, 0.25) is 5.91 Å². The van der Waals surface area contributed by atoms with Crippen LogP contribution in [0.25, 0.3) is 0 Å². The maximum atomic E-state index is 12.2. The fourth-order valence-electron chi connectivity index (χ4n) is 2.86. The second kappa shape index (κ2) is 13.0. The maximum absolute atomic E-state index is 12.2. The number of aliphatic hydroxyl groups excluding tert-OH is 2. The molecule has 1 heterocycles. The van der Waals surface area contributed by atoms with E-state index >= 15 is 0 Å². The lowest BCUT2D eigenvalue weighted by atomic mass is 10.00. The van der Waals surface area contributed by atoms with Gasteiger partial charge in [0.05, 0.1) is 18.7 Å². The van der Waals surface area contributed by atoms with E-state index in [1.807, 2.05) is 17.1 Å². The van der Waals surface area contributed by atoms with E-state index in [1.165, 1.54) is 0 Å². The lowest BCUT2D eigenvalue weighted by molar-refractivity contribution is -0.134. The second-order valence-electron chi connectivity index (χ2n) is 6.46. The van der Waals surface area contributed by atoms with Crippen LogP contribution in [0, 0.1) is 11.8 Å². The first kappa shape index (κ1) is 20.7. The van der Waals surface area contributed by atoms with Crippen molar-refractivity contribution in [1.29, 1.82) is 0 Å². The van der Waals surface area contributed by atoms with E-state index < -0.39 is 6.10 Å². The molecule has 1 rings (SSSR count). The summed E-state index contributed by atoms with van der Waals surface area (Å²) >= 11 is 0.